The van der Waals surface area contributed by atoms with Crippen LogP contribution in [0.5, 0.6) is 5.88 Å². The van der Waals surface area contributed by atoms with Crippen LogP contribution in [-0.2, 0) is 0 Å². The number of ether oxygens (including phenoxy) is 1. The lowest BCUT2D eigenvalue weighted by Gasteiger charge is -2.23. The highest BCUT2D eigenvalue weighted by molar-refractivity contribution is 5.85. The number of hydrogen-bond donors (Lipinski definition) is 1. The molecule has 1 aromatic carbocycles. The number of nitrogens with one attached hydrogen (secondary N) is 1. The van der Waals surface area contributed by atoms with Crippen LogP contribution in [0.1, 0.15) is 12.8 Å². The van der Waals surface area contributed by atoms with E-state index < -0.39 is 4.92 Å². The monoisotopic (exact) mass is 310 g/mol. The van der Waals surface area contributed by atoms with Gasteiger partial charge in [0.2, 0.25) is 5.88 Å². The number of nitro benzene ring substituents is 1. The first-order valence-corrected chi connectivity index (χ1v) is 6.51. The van der Waals surface area contributed by atoms with E-state index in [1.165, 1.54) is 18.3 Å². The number of hydrogen-bond acceptors (Lipinski definition) is 6. The summed E-state index contributed by atoms with van der Waals surface area (Å²) in [6.45, 7) is 1.83. The van der Waals surface area contributed by atoms with Gasteiger partial charge in [0.15, 0.2) is 0 Å². The van der Waals surface area contributed by atoms with E-state index >= 15 is 0 Å². The van der Waals surface area contributed by atoms with Crippen LogP contribution in [0.2, 0.25) is 0 Å². The second-order valence-electron chi connectivity index (χ2n) is 4.72. The highest BCUT2D eigenvalue weighted by atomic mass is 35.5. The molecule has 2 heterocycles. The minimum atomic E-state index is -0.445. The third-order valence-corrected chi connectivity index (χ3v) is 3.25. The topological polar surface area (TPSA) is 90.2 Å². The molecule has 1 N–H and O–H groups in total. The first-order valence-electron chi connectivity index (χ1n) is 6.51. The molecule has 1 aromatic heterocycles. The molecule has 2 aromatic rings. The molecule has 8 heteroatoms. The fourth-order valence-corrected chi connectivity index (χ4v) is 2.24. The number of piperidine rings is 1. The van der Waals surface area contributed by atoms with Crippen LogP contribution in [0.15, 0.2) is 24.4 Å². The van der Waals surface area contributed by atoms with E-state index in [-0.39, 0.29) is 24.2 Å². The van der Waals surface area contributed by atoms with Crippen molar-refractivity contribution < 1.29 is 9.66 Å². The highest BCUT2D eigenvalue weighted by Gasteiger charge is 2.15. The van der Waals surface area contributed by atoms with Crippen molar-refractivity contribution in [2.75, 3.05) is 13.1 Å². The van der Waals surface area contributed by atoms with Crippen molar-refractivity contribution in [1.82, 2.24) is 15.3 Å². The minimum Gasteiger partial charge on any atom is -0.472 e. The molecule has 1 atom stereocenters. The first kappa shape index (κ1) is 15.4. The summed E-state index contributed by atoms with van der Waals surface area (Å²) in [5.74, 6) is 0.458. The van der Waals surface area contributed by atoms with E-state index in [1.807, 2.05) is 0 Å². The maximum atomic E-state index is 10.7. The molecule has 0 spiro atoms. The number of halogens is 1. The Bertz CT molecular complexity index is 646. The molecule has 112 valence electrons. The average Bonchev–Trinajstić information content (AvgIpc) is 2.47. The molecule has 0 saturated carbocycles. The number of nitrogens with zero attached hydrogens (tertiary/aromatic N) is 3. The molecule has 0 unspecified atom stereocenters. The van der Waals surface area contributed by atoms with Gasteiger partial charge in [-0.2, -0.15) is 0 Å². The zero-order valence-electron chi connectivity index (χ0n) is 11.2. The molecule has 0 aliphatic carbocycles. The molecule has 3 rings (SSSR count). The zero-order valence-corrected chi connectivity index (χ0v) is 12.0. The maximum Gasteiger partial charge on any atom is 0.271 e. The summed E-state index contributed by atoms with van der Waals surface area (Å²) in [7, 11) is 0. The fraction of sp³-hybridized carbons (Fsp3) is 0.385. The molecule has 1 fully saturated rings. The fourth-order valence-electron chi connectivity index (χ4n) is 2.24. The summed E-state index contributed by atoms with van der Waals surface area (Å²) < 4.78 is 5.77. The van der Waals surface area contributed by atoms with Crippen LogP contribution in [0, 0.1) is 10.1 Å². The number of fused-ring (bicyclic) bond motifs is 1. The molecule has 0 bridgehead atoms. The van der Waals surface area contributed by atoms with E-state index in [9.17, 15) is 10.1 Å². The molecule has 1 saturated heterocycles. The number of non-ortho nitro benzene ring substituents is 1. The lowest BCUT2D eigenvalue weighted by atomic mass is 10.1. The van der Waals surface area contributed by atoms with E-state index in [2.05, 4.69) is 15.3 Å². The molecule has 1 aliphatic rings. The van der Waals surface area contributed by atoms with E-state index in [0.717, 1.165) is 25.9 Å². The van der Waals surface area contributed by atoms with Gasteiger partial charge in [-0.25, -0.2) is 9.97 Å². The van der Waals surface area contributed by atoms with Crippen molar-refractivity contribution in [3.8, 4) is 5.88 Å². The Kier molecular flexibility index (Phi) is 4.87. The zero-order chi connectivity index (χ0) is 13.9. The van der Waals surface area contributed by atoms with Crippen LogP contribution >= 0.6 is 12.4 Å². The van der Waals surface area contributed by atoms with Crippen molar-refractivity contribution in [1.29, 1.82) is 0 Å². The quantitative estimate of drug-likeness (QED) is 0.689. The molecule has 7 nitrogen and oxygen atoms in total. The molecule has 0 amide bonds. The SMILES string of the molecule is Cl.O=[N+]([O-])c1ccc2nc(O[C@@H]3CCCNC3)cnc2c1. The predicted molar refractivity (Wildman–Crippen MR) is 80.0 cm³/mol. The Morgan fingerprint density at radius 3 is 2.95 bits per heavy atom. The minimum absolute atomic E-state index is 0. The van der Waals surface area contributed by atoms with Gasteiger partial charge >= 0.3 is 0 Å². The molecular weight excluding hydrogens is 296 g/mol. The number of nitro groups is 1. The average molecular weight is 311 g/mol. The summed E-state index contributed by atoms with van der Waals surface area (Å²) in [5.41, 5.74) is 1.10. The van der Waals surface area contributed by atoms with E-state index in [1.54, 1.807) is 6.07 Å². The largest absolute Gasteiger partial charge is 0.472 e. The molecule has 0 radical (unpaired) electrons. The van der Waals surface area contributed by atoms with Gasteiger partial charge in [-0.3, -0.25) is 10.1 Å². The Balaban J connectivity index is 0.00000161. The normalized spacial score (nSPS) is 18.0. The van der Waals surface area contributed by atoms with Gasteiger partial charge in [-0.1, -0.05) is 0 Å². The highest BCUT2D eigenvalue weighted by Crippen LogP contribution is 2.20. The van der Waals surface area contributed by atoms with Crippen LogP contribution in [0.25, 0.3) is 11.0 Å². The van der Waals surface area contributed by atoms with Gasteiger partial charge in [0.25, 0.3) is 5.69 Å². The third-order valence-electron chi connectivity index (χ3n) is 3.25. The van der Waals surface area contributed by atoms with Gasteiger partial charge in [-0.05, 0) is 25.5 Å². The standard InChI is InChI=1S/C13H14N4O3.ClH/c18-17(19)9-3-4-11-12(6-9)15-8-13(16-11)20-10-2-1-5-14-7-10;/h3-4,6,8,10,14H,1-2,5,7H2;1H/t10-;/m1./s1. The Labute approximate surface area is 127 Å². The summed E-state index contributed by atoms with van der Waals surface area (Å²) in [6.07, 6.45) is 3.69. The van der Waals surface area contributed by atoms with Crippen LogP contribution in [-0.4, -0.2) is 34.1 Å². The van der Waals surface area contributed by atoms with Gasteiger partial charge in [0.05, 0.1) is 22.2 Å². The van der Waals surface area contributed by atoms with E-state index in [0.29, 0.717) is 16.9 Å². The Morgan fingerprint density at radius 2 is 2.24 bits per heavy atom. The van der Waals surface area contributed by atoms with E-state index in [4.69, 9.17) is 4.74 Å². The summed E-state index contributed by atoms with van der Waals surface area (Å²) in [6, 6.07) is 4.42. The lowest BCUT2D eigenvalue weighted by Crippen LogP contribution is -2.37. The van der Waals surface area contributed by atoms with Crippen molar-refractivity contribution >= 4 is 29.1 Å². The van der Waals surface area contributed by atoms with Crippen LogP contribution in [0.3, 0.4) is 0 Å². The third kappa shape index (κ3) is 3.56. The number of rotatable bonds is 3. The van der Waals surface area contributed by atoms with Gasteiger partial charge < -0.3 is 10.1 Å². The van der Waals surface area contributed by atoms with Crippen molar-refractivity contribution in [3.63, 3.8) is 0 Å². The van der Waals surface area contributed by atoms with Crippen molar-refractivity contribution in [2.24, 2.45) is 0 Å². The Morgan fingerprint density at radius 1 is 1.38 bits per heavy atom. The first-order chi connectivity index (χ1) is 9.72. The van der Waals surface area contributed by atoms with Crippen molar-refractivity contribution in [3.05, 3.63) is 34.5 Å². The number of benzene rings is 1. The smallest absolute Gasteiger partial charge is 0.271 e. The molecule has 1 aliphatic heterocycles. The van der Waals surface area contributed by atoms with Crippen molar-refractivity contribution in [2.45, 2.75) is 18.9 Å². The molecule has 21 heavy (non-hydrogen) atoms. The lowest BCUT2D eigenvalue weighted by molar-refractivity contribution is -0.384. The second kappa shape index (κ2) is 6.64. The maximum absolute atomic E-state index is 10.7. The van der Waals surface area contributed by atoms with Gasteiger partial charge in [-0.15, -0.1) is 12.4 Å². The summed E-state index contributed by atoms with van der Waals surface area (Å²) >= 11 is 0. The van der Waals surface area contributed by atoms with Gasteiger partial charge in [0, 0.05) is 18.7 Å². The molecular formula is C13H15ClN4O3. The van der Waals surface area contributed by atoms with Gasteiger partial charge in [0.1, 0.15) is 6.10 Å². The van der Waals surface area contributed by atoms with Crippen LogP contribution < -0.4 is 10.1 Å². The summed E-state index contributed by atoms with van der Waals surface area (Å²) in [4.78, 5) is 18.8. The Hall–Kier alpha value is -1.99. The predicted octanol–water partition coefficient (Wildman–Crippen LogP) is 2.09. The summed E-state index contributed by atoms with van der Waals surface area (Å²) in [5, 5.41) is 14.0. The second-order valence-corrected chi connectivity index (χ2v) is 4.72. The van der Waals surface area contributed by atoms with Crippen LogP contribution in [0.4, 0.5) is 5.69 Å². The number of aromatic nitrogens is 2.